The minimum absolute atomic E-state index is 0.261. The van der Waals surface area contributed by atoms with Crippen LogP contribution in [0.1, 0.15) is 28.4 Å². The number of benzene rings is 3. The molecular formula is C24H19Cl2N3O4. The van der Waals surface area contributed by atoms with E-state index in [1.165, 1.54) is 18.2 Å². The number of carbonyl (C=O) groups is 3. The van der Waals surface area contributed by atoms with Crippen molar-refractivity contribution in [2.75, 3.05) is 5.32 Å². The summed E-state index contributed by atoms with van der Waals surface area (Å²) in [7, 11) is 0. The lowest BCUT2D eigenvalue weighted by Gasteiger charge is -2.10. The number of hydrogen-bond acceptors (Lipinski definition) is 5. The third-order valence-corrected chi connectivity index (χ3v) is 4.86. The molecule has 0 aliphatic carbocycles. The monoisotopic (exact) mass is 483 g/mol. The van der Waals surface area contributed by atoms with Crippen LogP contribution in [-0.4, -0.2) is 23.5 Å². The molecule has 0 saturated heterocycles. The van der Waals surface area contributed by atoms with Crippen molar-refractivity contribution in [2.45, 2.75) is 13.8 Å². The van der Waals surface area contributed by atoms with Gasteiger partial charge in [-0.1, -0.05) is 53.0 Å². The maximum absolute atomic E-state index is 12.5. The van der Waals surface area contributed by atoms with E-state index in [2.05, 4.69) is 15.8 Å². The number of para-hydroxylation sites is 1. The second-order valence-corrected chi connectivity index (χ2v) is 7.87. The standard InChI is InChI=1S/C24H19Cl2N3O4/c1-14-7-9-16(10-8-14)24(32)33-21-6-4-3-5-20(21)15(2)28-29-23(31)22(30)27-19-12-17(25)11-18(26)13-19/h3-13H,1-2H3,(H,27,30)(H,29,31). The first-order valence-corrected chi connectivity index (χ1v) is 10.5. The van der Waals surface area contributed by atoms with Crippen molar-refractivity contribution in [3.63, 3.8) is 0 Å². The van der Waals surface area contributed by atoms with Crippen LogP contribution in [0.15, 0.2) is 71.8 Å². The number of nitrogens with zero attached hydrogens (tertiary/aromatic N) is 1. The average molecular weight is 484 g/mol. The van der Waals surface area contributed by atoms with E-state index < -0.39 is 17.8 Å². The molecule has 2 N–H and O–H groups in total. The summed E-state index contributed by atoms with van der Waals surface area (Å²) >= 11 is 11.8. The predicted octanol–water partition coefficient (Wildman–Crippen LogP) is 5.00. The molecule has 9 heteroatoms. The molecule has 3 rings (SSSR count). The number of ether oxygens (including phenoxy) is 1. The number of amides is 2. The van der Waals surface area contributed by atoms with Crippen molar-refractivity contribution in [1.29, 1.82) is 0 Å². The molecule has 0 heterocycles. The number of anilines is 1. The van der Waals surface area contributed by atoms with Crippen LogP contribution in [0.25, 0.3) is 0 Å². The lowest BCUT2D eigenvalue weighted by Crippen LogP contribution is -2.33. The summed E-state index contributed by atoms with van der Waals surface area (Å²) in [6.45, 7) is 3.52. The van der Waals surface area contributed by atoms with Crippen molar-refractivity contribution >= 4 is 52.4 Å². The number of hydrogen-bond donors (Lipinski definition) is 2. The maximum atomic E-state index is 12.5. The lowest BCUT2D eigenvalue weighted by molar-refractivity contribution is -0.136. The average Bonchev–Trinajstić information content (AvgIpc) is 2.77. The van der Waals surface area contributed by atoms with Crippen LogP contribution < -0.4 is 15.5 Å². The smallest absolute Gasteiger partial charge is 0.343 e. The number of hydrazone groups is 1. The van der Waals surface area contributed by atoms with Gasteiger partial charge in [0.05, 0.1) is 11.3 Å². The highest BCUT2D eigenvalue weighted by Gasteiger charge is 2.16. The molecule has 0 saturated carbocycles. The van der Waals surface area contributed by atoms with Crippen LogP contribution in [0.5, 0.6) is 5.75 Å². The van der Waals surface area contributed by atoms with E-state index in [1.54, 1.807) is 43.3 Å². The van der Waals surface area contributed by atoms with Gasteiger partial charge in [-0.25, -0.2) is 10.2 Å². The van der Waals surface area contributed by atoms with Gasteiger partial charge in [0, 0.05) is 21.3 Å². The lowest BCUT2D eigenvalue weighted by atomic mass is 10.1. The number of aryl methyl sites for hydroxylation is 1. The largest absolute Gasteiger partial charge is 0.422 e. The van der Waals surface area contributed by atoms with Crippen molar-refractivity contribution in [3.05, 3.63) is 93.5 Å². The van der Waals surface area contributed by atoms with Gasteiger partial charge in [0.25, 0.3) is 0 Å². The first-order valence-electron chi connectivity index (χ1n) is 9.73. The molecule has 0 unspecified atom stereocenters. The normalized spacial score (nSPS) is 11.0. The van der Waals surface area contributed by atoms with Gasteiger partial charge in [-0.2, -0.15) is 5.10 Å². The first kappa shape index (κ1) is 24.0. The van der Waals surface area contributed by atoms with Gasteiger partial charge in [0.15, 0.2) is 0 Å². The Labute approximate surface area is 200 Å². The third kappa shape index (κ3) is 6.65. The van der Waals surface area contributed by atoms with Gasteiger partial charge < -0.3 is 10.1 Å². The van der Waals surface area contributed by atoms with E-state index in [9.17, 15) is 14.4 Å². The zero-order valence-corrected chi connectivity index (χ0v) is 19.2. The topological polar surface area (TPSA) is 96.9 Å². The fourth-order valence-electron chi connectivity index (χ4n) is 2.76. The Morgan fingerprint density at radius 3 is 2.18 bits per heavy atom. The quantitative estimate of drug-likeness (QED) is 0.175. The zero-order chi connectivity index (χ0) is 24.0. The third-order valence-electron chi connectivity index (χ3n) is 4.42. The molecule has 7 nitrogen and oxygen atoms in total. The highest BCUT2D eigenvalue weighted by molar-refractivity contribution is 6.40. The molecule has 0 aliphatic heterocycles. The van der Waals surface area contributed by atoms with Crippen LogP contribution in [0.4, 0.5) is 5.69 Å². The number of nitrogens with one attached hydrogen (secondary N) is 2. The summed E-state index contributed by atoms with van der Waals surface area (Å²) in [5.74, 6) is -2.22. The SMILES string of the molecule is CC(=NNC(=O)C(=O)Nc1cc(Cl)cc(Cl)c1)c1ccccc1OC(=O)c1ccc(C)cc1. The van der Waals surface area contributed by atoms with Gasteiger partial charge in [-0.05, 0) is 56.3 Å². The van der Waals surface area contributed by atoms with Gasteiger partial charge >= 0.3 is 17.8 Å². The Morgan fingerprint density at radius 1 is 0.879 bits per heavy atom. The van der Waals surface area contributed by atoms with Gasteiger partial charge in [0.1, 0.15) is 5.75 Å². The molecule has 0 spiro atoms. The van der Waals surface area contributed by atoms with E-state index in [4.69, 9.17) is 27.9 Å². The van der Waals surface area contributed by atoms with Crippen LogP contribution in [0.2, 0.25) is 10.0 Å². The van der Waals surface area contributed by atoms with Crippen LogP contribution in [0, 0.1) is 6.92 Å². The molecule has 0 aromatic heterocycles. The molecule has 0 bridgehead atoms. The predicted molar refractivity (Wildman–Crippen MR) is 128 cm³/mol. The molecular weight excluding hydrogens is 465 g/mol. The molecule has 3 aromatic rings. The first-order chi connectivity index (χ1) is 15.7. The highest BCUT2D eigenvalue weighted by Crippen LogP contribution is 2.23. The van der Waals surface area contributed by atoms with Gasteiger partial charge in [0.2, 0.25) is 0 Å². The maximum Gasteiger partial charge on any atom is 0.343 e. The fourth-order valence-corrected chi connectivity index (χ4v) is 3.29. The number of halogens is 2. The van der Waals surface area contributed by atoms with Crippen LogP contribution in [-0.2, 0) is 9.59 Å². The summed E-state index contributed by atoms with van der Waals surface area (Å²) < 4.78 is 5.51. The Kier molecular flexibility index (Phi) is 7.82. The number of rotatable bonds is 5. The molecule has 0 fully saturated rings. The summed E-state index contributed by atoms with van der Waals surface area (Å²) in [5, 5.41) is 6.96. The summed E-state index contributed by atoms with van der Waals surface area (Å²) in [6.07, 6.45) is 0. The Balaban J connectivity index is 1.69. The second kappa shape index (κ2) is 10.8. The highest BCUT2D eigenvalue weighted by atomic mass is 35.5. The molecule has 0 atom stereocenters. The van der Waals surface area contributed by atoms with Crippen molar-refractivity contribution < 1.29 is 19.1 Å². The number of carbonyl (C=O) groups excluding carboxylic acids is 3. The summed E-state index contributed by atoms with van der Waals surface area (Å²) in [5.41, 5.74) is 4.67. The molecule has 3 aromatic carbocycles. The molecule has 33 heavy (non-hydrogen) atoms. The zero-order valence-electron chi connectivity index (χ0n) is 17.7. The van der Waals surface area contributed by atoms with Gasteiger partial charge in [-0.3, -0.25) is 9.59 Å². The summed E-state index contributed by atoms with van der Waals surface area (Å²) in [6, 6.07) is 18.1. The van der Waals surface area contributed by atoms with Crippen molar-refractivity contribution in [1.82, 2.24) is 5.43 Å². The van der Waals surface area contributed by atoms with E-state index in [0.717, 1.165) is 5.56 Å². The van der Waals surface area contributed by atoms with Gasteiger partial charge in [-0.15, -0.1) is 0 Å². The van der Waals surface area contributed by atoms with E-state index in [1.807, 2.05) is 19.1 Å². The summed E-state index contributed by atoms with van der Waals surface area (Å²) in [4.78, 5) is 36.7. The van der Waals surface area contributed by atoms with E-state index in [0.29, 0.717) is 26.9 Å². The molecule has 0 aliphatic rings. The fraction of sp³-hybridized carbons (Fsp3) is 0.0833. The minimum Gasteiger partial charge on any atom is -0.422 e. The Bertz CT molecular complexity index is 1220. The van der Waals surface area contributed by atoms with E-state index in [-0.39, 0.29) is 11.4 Å². The molecule has 0 radical (unpaired) electrons. The minimum atomic E-state index is -1.00. The Hall–Kier alpha value is -3.68. The van der Waals surface area contributed by atoms with Crippen molar-refractivity contribution in [3.8, 4) is 5.75 Å². The second-order valence-electron chi connectivity index (χ2n) is 7.00. The molecule has 168 valence electrons. The molecule has 2 amide bonds. The Morgan fingerprint density at radius 2 is 1.52 bits per heavy atom. The van der Waals surface area contributed by atoms with Crippen molar-refractivity contribution in [2.24, 2.45) is 5.10 Å². The van der Waals surface area contributed by atoms with E-state index >= 15 is 0 Å². The van der Waals surface area contributed by atoms with Crippen LogP contribution >= 0.6 is 23.2 Å². The van der Waals surface area contributed by atoms with Crippen LogP contribution in [0.3, 0.4) is 0 Å². The number of esters is 1.